The molecule has 0 atom stereocenters. The Bertz CT molecular complexity index is 864. The van der Waals surface area contributed by atoms with E-state index in [2.05, 4.69) is 15.3 Å². The number of hydrogen-bond donors (Lipinski definition) is 2. The van der Waals surface area contributed by atoms with E-state index in [-0.39, 0.29) is 0 Å². The maximum Gasteiger partial charge on any atom is 0.243 e. The van der Waals surface area contributed by atoms with Gasteiger partial charge in [0.05, 0.1) is 4.90 Å². The molecule has 0 radical (unpaired) electrons. The van der Waals surface area contributed by atoms with E-state index in [0.29, 0.717) is 43.0 Å². The number of pyridine rings is 1. The lowest BCUT2D eigenvalue weighted by molar-refractivity contribution is 0.279. The molecule has 28 heavy (non-hydrogen) atoms. The zero-order valence-corrected chi connectivity index (χ0v) is 16.7. The van der Waals surface area contributed by atoms with E-state index >= 15 is 0 Å². The van der Waals surface area contributed by atoms with Crippen molar-refractivity contribution in [3.63, 3.8) is 0 Å². The molecule has 0 amide bonds. The second kappa shape index (κ2) is 9.66. The number of piperidine rings is 1. The number of nitrogens with one attached hydrogen (secondary N) is 1. The summed E-state index contributed by atoms with van der Waals surface area (Å²) in [6, 6.07) is 14.4. The lowest BCUT2D eigenvalue weighted by atomic mass is 9.98. The second-order valence-electron chi connectivity index (χ2n) is 6.88. The van der Waals surface area contributed by atoms with Gasteiger partial charge in [0.1, 0.15) is 0 Å². The topological polar surface area (TPSA) is 101 Å². The van der Waals surface area contributed by atoms with Crippen LogP contribution in [0, 0.1) is 5.92 Å². The molecule has 1 aromatic heterocycles. The summed E-state index contributed by atoms with van der Waals surface area (Å²) in [7, 11) is -3.40. The van der Waals surface area contributed by atoms with Crippen molar-refractivity contribution in [2.75, 3.05) is 26.2 Å². The quantitative estimate of drug-likeness (QED) is 0.542. The Hall–Kier alpha value is -2.45. The highest BCUT2D eigenvalue weighted by Crippen LogP contribution is 2.23. The van der Waals surface area contributed by atoms with Gasteiger partial charge in [-0.15, -0.1) is 0 Å². The normalized spacial score (nSPS) is 16.8. The van der Waals surface area contributed by atoms with Crippen LogP contribution in [0.5, 0.6) is 0 Å². The van der Waals surface area contributed by atoms with Gasteiger partial charge in [0.15, 0.2) is 5.96 Å². The molecule has 0 bridgehead atoms. The Labute approximate surface area is 166 Å². The van der Waals surface area contributed by atoms with Gasteiger partial charge in [0, 0.05) is 44.5 Å². The number of nitrogens with two attached hydrogens (primary N) is 1. The van der Waals surface area contributed by atoms with Crippen molar-refractivity contribution in [2.24, 2.45) is 16.6 Å². The molecule has 0 unspecified atom stereocenters. The third-order valence-electron chi connectivity index (χ3n) is 4.89. The summed E-state index contributed by atoms with van der Waals surface area (Å²) in [6.07, 6.45) is 4.14. The third-order valence-corrected chi connectivity index (χ3v) is 6.80. The number of guanidine groups is 1. The van der Waals surface area contributed by atoms with Crippen LogP contribution in [0.3, 0.4) is 0 Å². The number of aliphatic imine (C=N–C) groups is 1. The third kappa shape index (κ3) is 5.53. The van der Waals surface area contributed by atoms with Crippen molar-refractivity contribution in [1.29, 1.82) is 0 Å². The van der Waals surface area contributed by atoms with Crippen LogP contribution in [0.25, 0.3) is 0 Å². The molecule has 1 fully saturated rings. The molecule has 1 aromatic carbocycles. The number of aromatic nitrogens is 1. The predicted octanol–water partition coefficient (Wildman–Crippen LogP) is 1.63. The standard InChI is InChI=1S/C20H27N5O2S/c21-20(23-13-9-18-6-4-5-12-22-18)24-16-17-10-14-25(15-11-17)28(26,27)19-7-2-1-3-8-19/h1-8,12,17H,9-11,13-16H2,(H3,21,23,24). The molecule has 0 aliphatic carbocycles. The maximum absolute atomic E-state index is 12.7. The fourth-order valence-electron chi connectivity index (χ4n) is 3.22. The van der Waals surface area contributed by atoms with Gasteiger partial charge in [-0.05, 0) is 43.0 Å². The van der Waals surface area contributed by atoms with Crippen LogP contribution in [-0.2, 0) is 16.4 Å². The molecular weight excluding hydrogens is 374 g/mol. The van der Waals surface area contributed by atoms with E-state index in [1.165, 1.54) is 0 Å². The molecule has 3 rings (SSSR count). The van der Waals surface area contributed by atoms with Crippen molar-refractivity contribution in [3.8, 4) is 0 Å². The van der Waals surface area contributed by atoms with Crippen LogP contribution >= 0.6 is 0 Å². The van der Waals surface area contributed by atoms with Crippen molar-refractivity contribution in [3.05, 3.63) is 60.4 Å². The van der Waals surface area contributed by atoms with E-state index < -0.39 is 10.0 Å². The molecule has 1 saturated heterocycles. The van der Waals surface area contributed by atoms with Gasteiger partial charge < -0.3 is 11.1 Å². The van der Waals surface area contributed by atoms with E-state index in [9.17, 15) is 8.42 Å². The summed E-state index contributed by atoms with van der Waals surface area (Å²) < 4.78 is 26.9. The summed E-state index contributed by atoms with van der Waals surface area (Å²) in [5, 5.41) is 3.11. The summed E-state index contributed by atoms with van der Waals surface area (Å²) >= 11 is 0. The maximum atomic E-state index is 12.7. The van der Waals surface area contributed by atoms with E-state index in [4.69, 9.17) is 5.73 Å². The Balaban J connectivity index is 1.42. The summed E-state index contributed by atoms with van der Waals surface area (Å²) in [5.41, 5.74) is 6.95. The largest absolute Gasteiger partial charge is 0.370 e. The Morgan fingerprint density at radius 2 is 1.86 bits per heavy atom. The van der Waals surface area contributed by atoms with Gasteiger partial charge in [-0.3, -0.25) is 9.98 Å². The zero-order chi connectivity index (χ0) is 19.8. The van der Waals surface area contributed by atoms with E-state index in [0.717, 1.165) is 25.0 Å². The second-order valence-corrected chi connectivity index (χ2v) is 8.82. The smallest absolute Gasteiger partial charge is 0.243 e. The highest BCUT2D eigenvalue weighted by Gasteiger charge is 2.29. The minimum Gasteiger partial charge on any atom is -0.370 e. The van der Waals surface area contributed by atoms with E-state index in [1.807, 2.05) is 24.3 Å². The van der Waals surface area contributed by atoms with Gasteiger partial charge in [0.25, 0.3) is 0 Å². The number of rotatable bonds is 7. The summed E-state index contributed by atoms with van der Waals surface area (Å²) in [4.78, 5) is 9.04. The molecule has 1 aliphatic heterocycles. The summed E-state index contributed by atoms with van der Waals surface area (Å²) in [5.74, 6) is 0.772. The van der Waals surface area contributed by atoms with Crippen LogP contribution < -0.4 is 11.1 Å². The highest BCUT2D eigenvalue weighted by molar-refractivity contribution is 7.89. The average molecular weight is 402 g/mol. The number of hydrogen-bond acceptors (Lipinski definition) is 4. The summed E-state index contributed by atoms with van der Waals surface area (Å²) in [6.45, 7) is 2.33. The minimum absolute atomic E-state index is 0.346. The zero-order valence-electron chi connectivity index (χ0n) is 15.9. The van der Waals surface area contributed by atoms with Crippen LogP contribution in [0.4, 0.5) is 0 Å². The van der Waals surface area contributed by atoms with Crippen molar-refractivity contribution in [1.82, 2.24) is 14.6 Å². The van der Waals surface area contributed by atoms with Gasteiger partial charge in [-0.1, -0.05) is 24.3 Å². The van der Waals surface area contributed by atoms with Gasteiger partial charge in [-0.2, -0.15) is 4.31 Å². The van der Waals surface area contributed by atoms with E-state index in [1.54, 1.807) is 34.8 Å². The molecule has 0 saturated carbocycles. The first-order valence-corrected chi connectivity index (χ1v) is 11.0. The predicted molar refractivity (Wildman–Crippen MR) is 110 cm³/mol. The first-order valence-electron chi connectivity index (χ1n) is 9.54. The molecule has 3 N–H and O–H groups in total. The average Bonchev–Trinajstić information content (AvgIpc) is 2.74. The first-order chi connectivity index (χ1) is 13.6. The fraction of sp³-hybridized carbons (Fsp3) is 0.400. The molecular formula is C20H27N5O2S. The number of sulfonamides is 1. The molecule has 8 heteroatoms. The number of benzene rings is 1. The Morgan fingerprint density at radius 1 is 1.14 bits per heavy atom. The number of nitrogens with zero attached hydrogens (tertiary/aromatic N) is 3. The minimum atomic E-state index is -3.40. The van der Waals surface area contributed by atoms with Gasteiger partial charge in [0.2, 0.25) is 10.0 Å². The fourth-order valence-corrected chi connectivity index (χ4v) is 4.71. The van der Waals surface area contributed by atoms with Crippen molar-refractivity contribution >= 4 is 16.0 Å². The molecule has 7 nitrogen and oxygen atoms in total. The lowest BCUT2D eigenvalue weighted by Gasteiger charge is -2.30. The molecule has 2 heterocycles. The van der Waals surface area contributed by atoms with Crippen LogP contribution in [0.1, 0.15) is 18.5 Å². The highest BCUT2D eigenvalue weighted by atomic mass is 32.2. The van der Waals surface area contributed by atoms with Crippen LogP contribution in [0.15, 0.2) is 64.6 Å². The molecule has 1 aliphatic rings. The molecule has 0 spiro atoms. The Morgan fingerprint density at radius 3 is 2.54 bits per heavy atom. The molecule has 2 aromatic rings. The van der Waals surface area contributed by atoms with Crippen LogP contribution in [-0.4, -0.2) is 49.8 Å². The first kappa shape index (κ1) is 20.3. The van der Waals surface area contributed by atoms with Gasteiger partial charge in [-0.25, -0.2) is 8.42 Å². The van der Waals surface area contributed by atoms with Crippen molar-refractivity contribution in [2.45, 2.75) is 24.2 Å². The molecule has 150 valence electrons. The monoisotopic (exact) mass is 401 g/mol. The van der Waals surface area contributed by atoms with Crippen molar-refractivity contribution < 1.29 is 8.42 Å². The Kier molecular flexibility index (Phi) is 7.00. The SMILES string of the molecule is NC(=NCC1CCN(S(=O)(=O)c2ccccc2)CC1)NCCc1ccccn1. The van der Waals surface area contributed by atoms with Crippen LogP contribution in [0.2, 0.25) is 0 Å². The van der Waals surface area contributed by atoms with Gasteiger partial charge >= 0.3 is 0 Å². The lowest BCUT2D eigenvalue weighted by Crippen LogP contribution is -2.39.